The molecular formula is C17H18Cl2N4O3S2. The summed E-state index contributed by atoms with van der Waals surface area (Å²) in [5, 5.41) is 15.1. The predicted octanol–water partition coefficient (Wildman–Crippen LogP) is 4.72. The number of aromatic nitrogens is 1. The van der Waals surface area contributed by atoms with Crippen molar-refractivity contribution in [2.45, 2.75) is 34.9 Å². The number of halogens is 2. The van der Waals surface area contributed by atoms with E-state index in [9.17, 15) is 14.9 Å². The molecule has 0 aromatic carbocycles. The van der Waals surface area contributed by atoms with Gasteiger partial charge in [-0.1, -0.05) is 41.9 Å². The number of rotatable bonds is 6. The van der Waals surface area contributed by atoms with Crippen LogP contribution < -0.4 is 5.32 Å². The Bertz CT molecular complexity index is 865. The molecule has 0 radical (unpaired) electrons. The van der Waals surface area contributed by atoms with Crippen LogP contribution in [0.5, 0.6) is 0 Å². The first-order valence-electron chi connectivity index (χ1n) is 8.67. The van der Waals surface area contributed by atoms with Gasteiger partial charge >= 0.3 is 0 Å². The Morgan fingerprint density at radius 3 is 2.61 bits per heavy atom. The van der Waals surface area contributed by atoms with Crippen LogP contribution in [-0.2, 0) is 0 Å². The third-order valence-electron chi connectivity index (χ3n) is 4.47. The molecule has 1 N–H and O–H groups in total. The summed E-state index contributed by atoms with van der Waals surface area (Å²) >= 11 is 14.4. The van der Waals surface area contributed by atoms with Crippen molar-refractivity contribution in [1.29, 1.82) is 0 Å². The maximum Gasteiger partial charge on any atom is 0.294 e. The number of nitrogens with one attached hydrogen (secondary N) is 1. The van der Waals surface area contributed by atoms with E-state index in [4.69, 9.17) is 23.2 Å². The fourth-order valence-electron chi connectivity index (χ4n) is 2.92. The molecule has 0 aliphatic carbocycles. The standard InChI is InChI=1S/C17H18Cl2N4O3S2/c1-2-22-5-3-10(4-6-22)21-16(24)14-7-13(23(25)26)17(27-14)28-15-11(18)8-20-9-12(15)19/h7-10H,2-6H2,1H3,(H,21,24). The number of pyridine rings is 1. The smallest absolute Gasteiger partial charge is 0.294 e. The molecule has 2 aromatic rings. The van der Waals surface area contributed by atoms with E-state index in [-0.39, 0.29) is 17.6 Å². The fraction of sp³-hybridized carbons (Fsp3) is 0.412. The summed E-state index contributed by atoms with van der Waals surface area (Å²) in [7, 11) is 0. The molecule has 2 aromatic heterocycles. The summed E-state index contributed by atoms with van der Waals surface area (Å²) in [6.45, 7) is 4.99. The maximum absolute atomic E-state index is 12.6. The molecule has 1 saturated heterocycles. The number of nitro groups is 1. The van der Waals surface area contributed by atoms with Crippen molar-refractivity contribution >= 4 is 57.9 Å². The van der Waals surface area contributed by atoms with Crippen molar-refractivity contribution in [2.24, 2.45) is 0 Å². The van der Waals surface area contributed by atoms with E-state index in [0.717, 1.165) is 55.6 Å². The lowest BCUT2D eigenvalue weighted by Gasteiger charge is -2.31. The van der Waals surface area contributed by atoms with E-state index >= 15 is 0 Å². The summed E-state index contributed by atoms with van der Waals surface area (Å²) in [4.78, 5) is 30.6. The molecule has 1 aliphatic heterocycles. The maximum atomic E-state index is 12.6. The largest absolute Gasteiger partial charge is 0.349 e. The molecule has 0 saturated carbocycles. The number of nitrogens with zero attached hydrogens (tertiary/aromatic N) is 3. The number of thiophene rings is 1. The van der Waals surface area contributed by atoms with Crippen molar-refractivity contribution in [1.82, 2.24) is 15.2 Å². The molecule has 3 rings (SSSR count). The Balaban J connectivity index is 1.77. The molecule has 3 heterocycles. The number of likely N-dealkylation sites (tertiary alicyclic amines) is 1. The van der Waals surface area contributed by atoms with Gasteiger partial charge in [-0.05, 0) is 19.4 Å². The molecule has 0 bridgehead atoms. The first kappa shape index (κ1) is 21.3. The van der Waals surface area contributed by atoms with Crippen molar-refractivity contribution in [3.05, 3.63) is 43.5 Å². The van der Waals surface area contributed by atoms with Gasteiger partial charge in [0.1, 0.15) is 9.09 Å². The second kappa shape index (κ2) is 9.41. The van der Waals surface area contributed by atoms with Crippen LogP contribution in [-0.4, -0.2) is 46.4 Å². The highest BCUT2D eigenvalue weighted by atomic mass is 35.5. The molecule has 1 amide bonds. The van der Waals surface area contributed by atoms with Crippen LogP contribution in [0.2, 0.25) is 10.0 Å². The van der Waals surface area contributed by atoms with Gasteiger partial charge in [0.25, 0.3) is 11.6 Å². The molecule has 11 heteroatoms. The molecule has 0 spiro atoms. The monoisotopic (exact) mass is 460 g/mol. The Kier molecular flexibility index (Phi) is 7.16. The lowest BCUT2D eigenvalue weighted by atomic mass is 10.1. The number of hydrogen-bond donors (Lipinski definition) is 1. The lowest BCUT2D eigenvalue weighted by molar-refractivity contribution is -0.387. The normalized spacial score (nSPS) is 15.5. The third kappa shape index (κ3) is 4.96. The molecule has 0 atom stereocenters. The highest BCUT2D eigenvalue weighted by Gasteiger charge is 2.27. The number of hydrogen-bond acceptors (Lipinski definition) is 7. The topological polar surface area (TPSA) is 88.4 Å². The van der Waals surface area contributed by atoms with Gasteiger partial charge in [-0.2, -0.15) is 0 Å². The lowest BCUT2D eigenvalue weighted by Crippen LogP contribution is -2.44. The van der Waals surface area contributed by atoms with Crippen LogP contribution in [0, 0.1) is 10.1 Å². The average Bonchev–Trinajstić information content (AvgIpc) is 3.10. The van der Waals surface area contributed by atoms with Gasteiger partial charge in [-0.15, -0.1) is 11.3 Å². The summed E-state index contributed by atoms with van der Waals surface area (Å²) in [6.07, 6.45) is 4.59. The van der Waals surface area contributed by atoms with Crippen LogP contribution in [0.15, 0.2) is 27.6 Å². The highest BCUT2D eigenvalue weighted by Crippen LogP contribution is 2.45. The van der Waals surface area contributed by atoms with E-state index in [1.807, 2.05) is 0 Å². The molecular weight excluding hydrogens is 443 g/mol. The third-order valence-corrected chi connectivity index (χ3v) is 7.73. The predicted molar refractivity (Wildman–Crippen MR) is 112 cm³/mol. The minimum absolute atomic E-state index is 0.0802. The molecule has 150 valence electrons. The number of carbonyl (C=O) groups is 1. The zero-order valence-corrected chi connectivity index (χ0v) is 18.1. The number of piperidine rings is 1. The van der Waals surface area contributed by atoms with Gasteiger partial charge < -0.3 is 10.2 Å². The second-order valence-corrected chi connectivity index (χ2v) is 9.40. The average molecular weight is 461 g/mol. The van der Waals surface area contributed by atoms with Gasteiger partial charge in [-0.3, -0.25) is 19.9 Å². The quantitative estimate of drug-likeness (QED) is 0.495. The van der Waals surface area contributed by atoms with Crippen LogP contribution in [0.4, 0.5) is 5.69 Å². The van der Waals surface area contributed by atoms with Crippen molar-refractivity contribution < 1.29 is 9.72 Å². The van der Waals surface area contributed by atoms with Crippen molar-refractivity contribution in [2.75, 3.05) is 19.6 Å². The summed E-state index contributed by atoms with van der Waals surface area (Å²) in [5.74, 6) is -0.290. The highest BCUT2D eigenvalue weighted by molar-refractivity contribution is 8.01. The van der Waals surface area contributed by atoms with E-state index in [2.05, 4.69) is 22.1 Å². The summed E-state index contributed by atoms with van der Waals surface area (Å²) in [6, 6.07) is 1.39. The van der Waals surface area contributed by atoms with Gasteiger partial charge in [0.15, 0.2) is 0 Å². The van der Waals surface area contributed by atoms with Gasteiger partial charge in [-0.25, -0.2) is 0 Å². The number of amides is 1. The van der Waals surface area contributed by atoms with Crippen molar-refractivity contribution in [3.8, 4) is 0 Å². The Morgan fingerprint density at radius 2 is 2.04 bits per heavy atom. The zero-order valence-electron chi connectivity index (χ0n) is 15.0. The Hall–Kier alpha value is -1.39. The van der Waals surface area contributed by atoms with Crippen LogP contribution in [0.1, 0.15) is 29.4 Å². The zero-order chi connectivity index (χ0) is 20.3. The van der Waals surface area contributed by atoms with Crippen molar-refractivity contribution in [3.63, 3.8) is 0 Å². The van der Waals surface area contributed by atoms with E-state index in [1.54, 1.807) is 0 Å². The first-order valence-corrected chi connectivity index (χ1v) is 11.1. The molecule has 28 heavy (non-hydrogen) atoms. The summed E-state index contributed by atoms with van der Waals surface area (Å²) in [5.41, 5.74) is -0.134. The van der Waals surface area contributed by atoms with Crippen LogP contribution in [0.25, 0.3) is 0 Å². The molecule has 7 nitrogen and oxygen atoms in total. The first-order chi connectivity index (χ1) is 13.4. The van der Waals surface area contributed by atoms with Crippen LogP contribution >= 0.6 is 46.3 Å². The van der Waals surface area contributed by atoms with Gasteiger partial charge in [0.05, 0.1) is 19.9 Å². The van der Waals surface area contributed by atoms with Crippen LogP contribution in [0.3, 0.4) is 0 Å². The minimum Gasteiger partial charge on any atom is -0.349 e. The fourth-order valence-corrected chi connectivity index (χ4v) is 5.68. The van der Waals surface area contributed by atoms with E-state index < -0.39 is 4.92 Å². The molecule has 1 fully saturated rings. The molecule has 0 unspecified atom stereocenters. The van der Waals surface area contributed by atoms with E-state index in [0.29, 0.717) is 24.0 Å². The summed E-state index contributed by atoms with van der Waals surface area (Å²) < 4.78 is 0.353. The van der Waals surface area contributed by atoms with Gasteiger partial charge in [0, 0.05) is 37.6 Å². The second-order valence-electron chi connectivity index (χ2n) is 6.26. The molecule has 1 aliphatic rings. The van der Waals surface area contributed by atoms with Gasteiger partial charge in [0.2, 0.25) is 0 Å². The number of carbonyl (C=O) groups excluding carboxylic acids is 1. The van der Waals surface area contributed by atoms with E-state index in [1.165, 1.54) is 18.5 Å². The minimum atomic E-state index is -0.502. The Morgan fingerprint density at radius 1 is 1.39 bits per heavy atom. The SMILES string of the molecule is CCN1CCC(NC(=O)c2cc([N+](=O)[O-])c(Sc3c(Cl)cncc3Cl)s2)CC1. The Labute approximate surface area is 180 Å².